The average molecular weight is 986 g/mol. The van der Waals surface area contributed by atoms with E-state index < -0.39 is 47.3 Å². The van der Waals surface area contributed by atoms with Crippen LogP contribution >= 0.6 is 69.6 Å². The van der Waals surface area contributed by atoms with Crippen molar-refractivity contribution in [2.45, 2.75) is 52.6 Å². The molecule has 0 saturated carbocycles. The Kier molecular flexibility index (Phi) is 17.1. The van der Waals surface area contributed by atoms with E-state index in [2.05, 4.69) is 41.7 Å². The SMILES string of the molecule is CCc1c(NC(=O)C(N=Nc2cccc(C(=O)Nc3cccc(Cl)c3Cl)c2Cl)C(C)=O)ccc(NC(=O)C(N=Nc2cccc(C(=O)Nc3cccc(Cl)c3Cl)c2Cl)C(C)=O)c1CC. The van der Waals surface area contributed by atoms with Gasteiger partial charge in [-0.15, -0.1) is 0 Å². The number of azo groups is 2. The van der Waals surface area contributed by atoms with Crippen molar-refractivity contribution in [1.29, 1.82) is 0 Å². The number of hydrogen-bond donors (Lipinski definition) is 4. The standard InChI is InChI=1S/C44H36Cl6N8O6/c1-5-23-24(6-2)30(52-44(64)40(22(4)60)58-56-34-18-8-12-26(36(34)48)42(62)54-32-16-10-14-28(46)38(32)50)20-19-29(23)51-43(63)39(21(3)59)57-55-33-17-7-11-25(35(33)47)41(61)53-31-15-9-13-27(45)37(31)49/h7-20,39-40H,5-6H2,1-4H3,(H,51,63)(H,52,64)(H,53,61)(H,54,62). The Labute approximate surface area is 397 Å². The van der Waals surface area contributed by atoms with Gasteiger partial charge in [-0.25, -0.2) is 0 Å². The van der Waals surface area contributed by atoms with Crippen LogP contribution in [0.4, 0.5) is 34.1 Å². The third-order valence-electron chi connectivity index (χ3n) is 9.33. The largest absolute Gasteiger partial charge is 0.323 e. The van der Waals surface area contributed by atoms with Crippen LogP contribution < -0.4 is 21.3 Å². The number of Topliss-reactive ketones (excluding diaryl/α,β-unsaturated/α-hetero) is 2. The second kappa shape index (κ2) is 22.2. The number of rotatable bonds is 16. The number of carbonyl (C=O) groups excluding carboxylic acids is 6. The lowest BCUT2D eigenvalue weighted by atomic mass is 9.98. The van der Waals surface area contributed by atoms with Crippen LogP contribution in [0, 0.1) is 0 Å². The molecule has 4 N–H and O–H groups in total. The third kappa shape index (κ3) is 11.7. The van der Waals surface area contributed by atoms with Gasteiger partial charge in [0.15, 0.2) is 11.6 Å². The molecule has 0 aliphatic rings. The van der Waals surface area contributed by atoms with Gasteiger partial charge in [-0.3, -0.25) is 28.8 Å². The highest BCUT2D eigenvalue weighted by Gasteiger charge is 2.28. The van der Waals surface area contributed by atoms with Crippen LogP contribution in [0.1, 0.15) is 59.5 Å². The molecule has 5 aromatic rings. The number of carbonyl (C=O) groups is 6. The zero-order valence-electron chi connectivity index (χ0n) is 34.2. The van der Waals surface area contributed by atoms with E-state index in [0.717, 1.165) is 0 Å². The first kappa shape index (κ1) is 49.3. The molecule has 14 nitrogen and oxygen atoms in total. The molecular formula is C44H36Cl6N8O6. The van der Waals surface area contributed by atoms with Gasteiger partial charge in [0.1, 0.15) is 11.4 Å². The molecule has 5 rings (SSSR count). The molecule has 0 saturated heterocycles. The lowest BCUT2D eigenvalue weighted by Gasteiger charge is -2.20. The molecule has 0 aromatic heterocycles. The molecular weight excluding hydrogens is 949 g/mol. The van der Waals surface area contributed by atoms with Gasteiger partial charge >= 0.3 is 0 Å². The summed E-state index contributed by atoms with van der Waals surface area (Å²) in [6.07, 6.45) is 0.753. The Bertz CT molecular complexity index is 2560. The maximum absolute atomic E-state index is 13.6. The lowest BCUT2D eigenvalue weighted by Crippen LogP contribution is -2.33. The van der Waals surface area contributed by atoms with Gasteiger partial charge in [0.05, 0.1) is 52.6 Å². The van der Waals surface area contributed by atoms with E-state index in [4.69, 9.17) is 69.6 Å². The van der Waals surface area contributed by atoms with Gasteiger partial charge in [-0.05, 0) is 98.5 Å². The van der Waals surface area contributed by atoms with Gasteiger partial charge in [0.25, 0.3) is 23.6 Å². The van der Waals surface area contributed by atoms with Crippen LogP contribution in [0.3, 0.4) is 0 Å². The van der Waals surface area contributed by atoms with Crippen molar-refractivity contribution < 1.29 is 28.8 Å². The summed E-state index contributed by atoms with van der Waals surface area (Å²) in [7, 11) is 0. The fraction of sp³-hybridized carbons (Fsp3) is 0.182. The van der Waals surface area contributed by atoms with Crippen LogP contribution in [-0.2, 0) is 32.0 Å². The second-order valence-electron chi connectivity index (χ2n) is 13.6. The number of benzene rings is 5. The van der Waals surface area contributed by atoms with Crippen molar-refractivity contribution in [3.05, 3.63) is 137 Å². The highest BCUT2D eigenvalue weighted by Crippen LogP contribution is 2.35. The Morgan fingerprint density at radius 3 is 1.17 bits per heavy atom. The zero-order valence-corrected chi connectivity index (χ0v) is 38.7. The Morgan fingerprint density at radius 2 is 0.828 bits per heavy atom. The summed E-state index contributed by atoms with van der Waals surface area (Å²) in [5, 5.41) is 27.4. The fourth-order valence-electron chi connectivity index (χ4n) is 6.14. The predicted molar refractivity (Wildman–Crippen MR) is 252 cm³/mol. The van der Waals surface area contributed by atoms with Crippen LogP contribution in [0.25, 0.3) is 0 Å². The second-order valence-corrected chi connectivity index (χ2v) is 16.0. The summed E-state index contributed by atoms with van der Waals surface area (Å²) in [5.74, 6) is -4.14. The average Bonchev–Trinajstić information content (AvgIpc) is 3.25. The van der Waals surface area contributed by atoms with E-state index in [1.165, 1.54) is 62.4 Å². The minimum absolute atomic E-state index is 0.0104. The summed E-state index contributed by atoms with van der Waals surface area (Å²) in [5.41, 5.74) is 2.46. The first-order valence-corrected chi connectivity index (χ1v) is 21.4. The topological polar surface area (TPSA) is 200 Å². The molecule has 4 amide bonds. The molecule has 0 aliphatic heterocycles. The molecule has 2 atom stereocenters. The van der Waals surface area contributed by atoms with Crippen LogP contribution in [0.15, 0.2) is 105 Å². The van der Waals surface area contributed by atoms with E-state index >= 15 is 0 Å². The summed E-state index contributed by atoms with van der Waals surface area (Å²) in [6.45, 7) is 6.00. The highest BCUT2D eigenvalue weighted by atomic mass is 35.5. The molecule has 20 heteroatoms. The first-order valence-electron chi connectivity index (χ1n) is 19.1. The molecule has 0 bridgehead atoms. The smallest absolute Gasteiger partial charge is 0.258 e. The number of ketones is 2. The van der Waals surface area contributed by atoms with Crippen molar-refractivity contribution in [3.8, 4) is 0 Å². The van der Waals surface area contributed by atoms with Crippen LogP contribution in [-0.4, -0.2) is 47.3 Å². The van der Waals surface area contributed by atoms with Crippen LogP contribution in [0.2, 0.25) is 30.1 Å². The molecule has 330 valence electrons. The van der Waals surface area contributed by atoms with Gasteiger partial charge in [0, 0.05) is 11.4 Å². The monoisotopic (exact) mass is 982 g/mol. The van der Waals surface area contributed by atoms with Gasteiger partial charge in [-0.1, -0.05) is 108 Å². The number of halogens is 6. The number of nitrogens with one attached hydrogen (secondary N) is 4. The minimum atomic E-state index is -1.61. The molecule has 5 aromatic carbocycles. The maximum atomic E-state index is 13.6. The number of amides is 4. The lowest BCUT2D eigenvalue weighted by molar-refractivity contribution is -0.127. The normalized spacial score (nSPS) is 12.2. The molecule has 2 unspecified atom stereocenters. The van der Waals surface area contributed by atoms with Gasteiger partial charge in [-0.2, -0.15) is 20.5 Å². The quantitative estimate of drug-likeness (QED) is 0.0560. The molecule has 0 heterocycles. The first-order chi connectivity index (χ1) is 30.5. The minimum Gasteiger partial charge on any atom is -0.323 e. The summed E-state index contributed by atoms with van der Waals surface area (Å²) < 4.78 is 0. The molecule has 0 fully saturated rings. The number of anilines is 4. The van der Waals surface area contributed by atoms with Crippen molar-refractivity contribution in [3.63, 3.8) is 0 Å². The van der Waals surface area contributed by atoms with Crippen molar-refractivity contribution >= 4 is 139 Å². The Hall–Kier alpha value is -5.74. The zero-order chi connectivity index (χ0) is 46.8. The Balaban J connectivity index is 1.32. The predicted octanol–water partition coefficient (Wildman–Crippen LogP) is 12.6. The van der Waals surface area contributed by atoms with E-state index in [9.17, 15) is 28.8 Å². The molecule has 0 spiro atoms. The third-order valence-corrected chi connectivity index (χ3v) is 11.8. The summed E-state index contributed by atoms with van der Waals surface area (Å²) >= 11 is 37.6. The van der Waals surface area contributed by atoms with Crippen molar-refractivity contribution in [2.75, 3.05) is 21.3 Å². The maximum Gasteiger partial charge on any atom is 0.258 e. The van der Waals surface area contributed by atoms with E-state index in [1.54, 1.807) is 36.4 Å². The number of nitrogens with zero attached hydrogens (tertiary/aromatic N) is 4. The molecule has 0 radical (unpaired) electrons. The van der Waals surface area contributed by atoms with Gasteiger partial charge < -0.3 is 21.3 Å². The van der Waals surface area contributed by atoms with E-state index in [-0.39, 0.29) is 64.0 Å². The van der Waals surface area contributed by atoms with Crippen molar-refractivity contribution in [1.82, 2.24) is 0 Å². The Morgan fingerprint density at radius 1 is 0.469 bits per heavy atom. The van der Waals surface area contributed by atoms with E-state index in [1.807, 2.05) is 13.8 Å². The fourth-order valence-corrected chi connectivity index (χ4v) is 7.33. The summed E-state index contributed by atoms with van der Waals surface area (Å²) in [6, 6.07) is 18.1. The molecule has 64 heavy (non-hydrogen) atoms. The van der Waals surface area contributed by atoms with Crippen LogP contribution in [0.5, 0.6) is 0 Å². The highest BCUT2D eigenvalue weighted by molar-refractivity contribution is 6.45. The molecule has 0 aliphatic carbocycles. The van der Waals surface area contributed by atoms with Crippen molar-refractivity contribution in [2.24, 2.45) is 20.5 Å². The van der Waals surface area contributed by atoms with E-state index in [0.29, 0.717) is 35.3 Å². The van der Waals surface area contributed by atoms with Gasteiger partial charge in [0.2, 0.25) is 12.1 Å². The number of hydrogen-bond acceptors (Lipinski definition) is 10. The summed E-state index contributed by atoms with van der Waals surface area (Å²) in [4.78, 5) is 78.8.